The average molecular weight is 586 g/mol. The summed E-state index contributed by atoms with van der Waals surface area (Å²) >= 11 is 0. The van der Waals surface area contributed by atoms with Gasteiger partial charge in [0.15, 0.2) is 5.60 Å². The summed E-state index contributed by atoms with van der Waals surface area (Å²) in [4.78, 5) is 46.0. The summed E-state index contributed by atoms with van der Waals surface area (Å²) in [6.07, 6.45) is 6.74. The minimum Gasteiger partial charge on any atom is -0.394 e. The number of fused-ring (bicyclic) bond motifs is 2. The van der Waals surface area contributed by atoms with Crippen molar-refractivity contribution in [3.05, 3.63) is 36.4 Å². The maximum absolute atomic E-state index is 16.2. The van der Waals surface area contributed by atoms with Crippen molar-refractivity contribution >= 4 is 37.5 Å². The summed E-state index contributed by atoms with van der Waals surface area (Å²) < 4.78 is 22.9. The van der Waals surface area contributed by atoms with Crippen LogP contribution in [0.2, 0.25) is 18.6 Å². The van der Waals surface area contributed by atoms with Gasteiger partial charge in [-0.15, -0.1) is 6.58 Å². The predicted octanol–water partition coefficient (Wildman–Crippen LogP) is 4.66. The zero-order valence-corrected chi connectivity index (χ0v) is 25.6. The van der Waals surface area contributed by atoms with Gasteiger partial charge in [0.2, 0.25) is 20.2 Å². The highest BCUT2D eigenvalue weighted by Crippen LogP contribution is 2.60. The van der Waals surface area contributed by atoms with Crippen molar-refractivity contribution in [1.29, 1.82) is 0 Å². The number of likely N-dealkylation sites (tertiary alicyclic amines) is 1. The molecular formula is C31H44FN3O5Si. The van der Waals surface area contributed by atoms with E-state index in [1.807, 2.05) is 30.0 Å². The van der Waals surface area contributed by atoms with Crippen LogP contribution >= 0.6 is 0 Å². The van der Waals surface area contributed by atoms with Crippen LogP contribution in [0.25, 0.3) is 0 Å². The molecule has 5 atom stereocenters. The Kier molecular flexibility index (Phi) is 8.47. The highest BCUT2D eigenvalue weighted by atomic mass is 28.4. The van der Waals surface area contributed by atoms with Gasteiger partial charge in [-0.25, -0.2) is 0 Å². The predicted molar refractivity (Wildman–Crippen MR) is 159 cm³/mol. The van der Waals surface area contributed by atoms with E-state index in [-0.39, 0.29) is 43.3 Å². The SMILES string of the molecule is C=CCN1C(=O)[C@]2(O[C@H](CC(=O)N3CCC[C@H]3CO)[C@@H]([Si](C)(C)F)[C@@H]2C)c2cc(N3CCCCCCC3=O)ccc21. The minimum absolute atomic E-state index is 0.0397. The Morgan fingerprint density at radius 3 is 2.66 bits per heavy atom. The normalized spacial score (nSPS) is 30.6. The molecule has 1 spiro atoms. The molecule has 3 saturated heterocycles. The third-order valence-electron chi connectivity index (χ3n) is 9.68. The molecule has 0 aliphatic carbocycles. The van der Waals surface area contributed by atoms with Crippen LogP contribution in [0.4, 0.5) is 15.5 Å². The molecule has 10 heteroatoms. The molecule has 41 heavy (non-hydrogen) atoms. The molecule has 0 unspecified atom stereocenters. The van der Waals surface area contributed by atoms with E-state index in [1.54, 1.807) is 29.0 Å². The Labute approximate surface area is 243 Å². The molecule has 1 aromatic carbocycles. The standard InChI is InChI=1S/C31H44FN3O5Si/c1-5-15-35-25-14-13-22(33-16-9-7-6-8-12-27(33)37)18-24(25)31(30(35)39)21(2)29(41(3,4)32)26(40-31)19-28(38)34-17-10-11-23(34)20-36/h5,13-14,18,21,23,26,29,36H,1,6-12,15-17,19-20H2,2-4H3/t21-,23-,26+,29-,31+/m0/s1. The number of carbonyl (C=O) groups excluding carboxylic acids is 3. The second-order valence-electron chi connectivity index (χ2n) is 12.7. The number of hydrogen-bond acceptors (Lipinski definition) is 5. The first-order valence-electron chi connectivity index (χ1n) is 15.2. The Morgan fingerprint density at radius 2 is 1.95 bits per heavy atom. The molecule has 3 amide bonds. The van der Waals surface area contributed by atoms with E-state index in [0.717, 1.165) is 44.2 Å². The number of aliphatic hydroxyl groups excluding tert-OH is 1. The lowest BCUT2D eigenvalue weighted by Crippen LogP contribution is -2.45. The summed E-state index contributed by atoms with van der Waals surface area (Å²) in [5.74, 6) is -0.913. The van der Waals surface area contributed by atoms with Gasteiger partial charge in [-0.1, -0.05) is 25.8 Å². The topological polar surface area (TPSA) is 90.4 Å². The number of aliphatic hydroxyl groups is 1. The summed E-state index contributed by atoms with van der Waals surface area (Å²) in [5.41, 5.74) is -0.0392. The van der Waals surface area contributed by atoms with Crippen LogP contribution in [-0.4, -0.2) is 74.5 Å². The zero-order valence-electron chi connectivity index (χ0n) is 24.6. The number of benzene rings is 1. The number of carbonyl (C=O) groups is 3. The monoisotopic (exact) mass is 585 g/mol. The first-order chi connectivity index (χ1) is 19.5. The third kappa shape index (κ3) is 5.16. The molecule has 4 aliphatic rings. The third-order valence-corrected chi connectivity index (χ3v) is 12.1. The van der Waals surface area contributed by atoms with Crippen molar-refractivity contribution in [3.8, 4) is 0 Å². The first kappa shape index (κ1) is 29.9. The average Bonchev–Trinajstić information content (AvgIpc) is 3.57. The molecule has 8 nitrogen and oxygen atoms in total. The molecule has 0 radical (unpaired) electrons. The van der Waals surface area contributed by atoms with E-state index < -0.39 is 31.6 Å². The zero-order chi connectivity index (χ0) is 29.5. The van der Waals surface area contributed by atoms with Crippen LogP contribution in [0, 0.1) is 5.92 Å². The fourth-order valence-corrected chi connectivity index (χ4v) is 10.3. The highest BCUT2D eigenvalue weighted by molar-refractivity contribution is 6.72. The molecule has 1 N–H and O–H groups in total. The number of ether oxygens (including phenoxy) is 1. The van der Waals surface area contributed by atoms with Crippen LogP contribution in [0.15, 0.2) is 30.9 Å². The number of rotatable bonds is 7. The van der Waals surface area contributed by atoms with Gasteiger partial charge in [0.25, 0.3) is 5.91 Å². The lowest BCUT2D eigenvalue weighted by Gasteiger charge is -2.32. The quantitative estimate of drug-likeness (QED) is 0.286. The lowest BCUT2D eigenvalue weighted by molar-refractivity contribution is -0.149. The van der Waals surface area contributed by atoms with Gasteiger partial charge in [-0.2, -0.15) is 0 Å². The van der Waals surface area contributed by atoms with Gasteiger partial charge in [0, 0.05) is 48.8 Å². The molecule has 0 saturated carbocycles. The van der Waals surface area contributed by atoms with E-state index in [2.05, 4.69) is 6.58 Å². The summed E-state index contributed by atoms with van der Waals surface area (Å²) in [5, 5.41) is 9.78. The first-order valence-corrected chi connectivity index (χ1v) is 18.1. The molecule has 4 aliphatic heterocycles. The van der Waals surface area contributed by atoms with Gasteiger partial charge >= 0.3 is 0 Å². The second kappa shape index (κ2) is 11.6. The summed E-state index contributed by atoms with van der Waals surface area (Å²) in [6.45, 7) is 10.3. The fourth-order valence-electron chi connectivity index (χ4n) is 7.79. The highest BCUT2D eigenvalue weighted by Gasteiger charge is 2.67. The number of halogens is 1. The minimum atomic E-state index is -3.44. The van der Waals surface area contributed by atoms with Crippen LogP contribution < -0.4 is 9.80 Å². The Hall–Kier alpha value is -2.56. The van der Waals surface area contributed by atoms with Gasteiger partial charge in [-0.05, 0) is 57.0 Å². The van der Waals surface area contributed by atoms with Gasteiger partial charge in [-0.3, -0.25) is 14.4 Å². The smallest absolute Gasteiger partial charge is 0.264 e. The Bertz CT molecular complexity index is 1200. The summed E-state index contributed by atoms with van der Waals surface area (Å²) in [6, 6.07) is 5.40. The number of nitrogens with zero attached hydrogens (tertiary/aromatic N) is 3. The van der Waals surface area contributed by atoms with Gasteiger partial charge in [0.1, 0.15) is 0 Å². The molecule has 0 bridgehead atoms. The van der Waals surface area contributed by atoms with Crippen molar-refractivity contribution in [2.45, 2.75) is 94.7 Å². The molecule has 0 aromatic heterocycles. The number of anilines is 2. The van der Waals surface area contributed by atoms with Crippen LogP contribution in [0.1, 0.15) is 63.9 Å². The van der Waals surface area contributed by atoms with Crippen LogP contribution in [-0.2, 0) is 24.7 Å². The van der Waals surface area contributed by atoms with Gasteiger partial charge in [0.05, 0.1) is 30.9 Å². The molecule has 224 valence electrons. The van der Waals surface area contributed by atoms with Crippen molar-refractivity contribution in [1.82, 2.24) is 4.90 Å². The fraction of sp³-hybridized carbons (Fsp3) is 0.645. The molecule has 1 aromatic rings. The largest absolute Gasteiger partial charge is 0.394 e. The maximum Gasteiger partial charge on any atom is 0.264 e. The van der Waals surface area contributed by atoms with E-state index in [1.165, 1.54) is 0 Å². The van der Waals surface area contributed by atoms with Crippen molar-refractivity contribution in [3.63, 3.8) is 0 Å². The molecule has 5 rings (SSSR count). The molecular weight excluding hydrogens is 541 g/mol. The second-order valence-corrected chi connectivity index (χ2v) is 16.5. The molecule has 3 fully saturated rings. The van der Waals surface area contributed by atoms with Gasteiger partial charge < -0.3 is 28.7 Å². The van der Waals surface area contributed by atoms with E-state index in [0.29, 0.717) is 30.8 Å². The van der Waals surface area contributed by atoms with Crippen molar-refractivity contribution in [2.75, 3.05) is 36.0 Å². The maximum atomic E-state index is 16.2. The van der Waals surface area contributed by atoms with Crippen LogP contribution in [0.5, 0.6) is 0 Å². The van der Waals surface area contributed by atoms with Crippen molar-refractivity contribution < 1.29 is 28.3 Å². The number of hydrogen-bond donors (Lipinski definition) is 1. The van der Waals surface area contributed by atoms with E-state index >= 15 is 4.11 Å². The Balaban J connectivity index is 1.56. The lowest BCUT2D eigenvalue weighted by atomic mass is 9.82. The van der Waals surface area contributed by atoms with E-state index in [4.69, 9.17) is 4.74 Å². The Morgan fingerprint density at radius 1 is 1.20 bits per heavy atom. The van der Waals surface area contributed by atoms with Crippen LogP contribution in [0.3, 0.4) is 0 Å². The summed E-state index contributed by atoms with van der Waals surface area (Å²) in [7, 11) is -3.44. The molecule has 4 heterocycles. The van der Waals surface area contributed by atoms with Crippen molar-refractivity contribution in [2.24, 2.45) is 5.92 Å². The number of amides is 3. The van der Waals surface area contributed by atoms with E-state index in [9.17, 15) is 19.5 Å².